The Bertz CT molecular complexity index is 1540. The molecule has 0 saturated carbocycles. The van der Waals surface area contributed by atoms with Gasteiger partial charge < -0.3 is 21.1 Å². The van der Waals surface area contributed by atoms with Gasteiger partial charge in [0.1, 0.15) is 6.04 Å². The third kappa shape index (κ3) is 9.55. The quantitative estimate of drug-likeness (QED) is 0.118. The van der Waals surface area contributed by atoms with Crippen molar-refractivity contribution >= 4 is 33.2 Å². The Morgan fingerprint density at radius 3 is 1.95 bits per heavy atom. The minimum absolute atomic E-state index is 0.0672. The van der Waals surface area contributed by atoms with Gasteiger partial charge >= 0.3 is 0 Å². The zero-order valence-electron chi connectivity index (χ0n) is 22.3. The van der Waals surface area contributed by atoms with E-state index in [0.29, 0.717) is 23.4 Å². The predicted octanol–water partition coefficient (Wildman–Crippen LogP) is 1.20. The maximum Gasteiger partial charge on any atom is 0.268 e. The first-order valence-corrected chi connectivity index (χ1v) is 14.3. The van der Waals surface area contributed by atoms with Crippen molar-refractivity contribution in [3.8, 4) is 11.8 Å². The zero-order valence-corrected chi connectivity index (χ0v) is 23.2. The van der Waals surface area contributed by atoms with Gasteiger partial charge in [0, 0.05) is 35.2 Å². The molecule has 0 bridgehead atoms. The molecule has 0 aliphatic rings. The summed E-state index contributed by atoms with van der Waals surface area (Å²) in [6.45, 7) is 1.78. The van der Waals surface area contributed by atoms with E-state index in [1.807, 2.05) is 0 Å². The number of amides is 3. The number of aliphatic hydroxyl groups excluding tert-OH is 1. The number of rotatable bonds is 10. The number of nitrogens with one attached hydrogen (secondary N) is 4. The van der Waals surface area contributed by atoms with Gasteiger partial charge in [-0.3, -0.25) is 19.6 Å². The zero-order chi connectivity index (χ0) is 30.0. The van der Waals surface area contributed by atoms with Crippen molar-refractivity contribution in [2.75, 3.05) is 18.1 Å². The van der Waals surface area contributed by atoms with Crippen molar-refractivity contribution in [2.45, 2.75) is 30.5 Å². The van der Waals surface area contributed by atoms with Gasteiger partial charge in [-0.15, -0.1) is 0 Å². The fourth-order valence-electron chi connectivity index (χ4n) is 3.57. The van der Waals surface area contributed by atoms with Crippen LogP contribution in [-0.4, -0.2) is 61.4 Å². The Hall–Kier alpha value is -4.54. The summed E-state index contributed by atoms with van der Waals surface area (Å²) in [5, 5.41) is 26.6. The van der Waals surface area contributed by atoms with E-state index in [1.165, 1.54) is 36.7 Å². The lowest BCUT2D eigenvalue weighted by Gasteiger charge is -2.19. The topological polar surface area (TPSA) is 174 Å². The van der Waals surface area contributed by atoms with Crippen molar-refractivity contribution < 1.29 is 33.1 Å². The number of aliphatic hydroxyl groups is 1. The van der Waals surface area contributed by atoms with Crippen molar-refractivity contribution in [1.29, 1.82) is 0 Å². The molecule has 6 N–H and O–H groups in total. The lowest BCUT2D eigenvalue weighted by atomic mass is 10.1. The van der Waals surface area contributed by atoms with Gasteiger partial charge in [-0.05, 0) is 73.2 Å². The van der Waals surface area contributed by atoms with Crippen molar-refractivity contribution in [3.63, 3.8) is 0 Å². The van der Waals surface area contributed by atoms with E-state index in [4.69, 9.17) is 5.21 Å². The normalized spacial score (nSPS) is 12.3. The van der Waals surface area contributed by atoms with Gasteiger partial charge in [0.05, 0.1) is 17.5 Å². The average molecular weight is 579 g/mol. The Morgan fingerprint density at radius 2 is 1.44 bits per heavy atom. The Morgan fingerprint density at radius 1 is 0.878 bits per heavy atom. The van der Waals surface area contributed by atoms with Gasteiger partial charge in [-0.25, -0.2) is 13.9 Å². The van der Waals surface area contributed by atoms with Gasteiger partial charge in [0.25, 0.3) is 11.8 Å². The van der Waals surface area contributed by atoms with Crippen molar-refractivity contribution in [1.82, 2.24) is 16.1 Å². The number of hydrogen-bond donors (Lipinski definition) is 6. The number of carbonyl (C=O) groups is 3. The third-order valence-corrected chi connectivity index (χ3v) is 6.92. The summed E-state index contributed by atoms with van der Waals surface area (Å²) in [6.07, 6.45) is -0.0670. The number of benzene rings is 3. The molecular formula is C29H30N4O7S. The SMILES string of the molecule is CC(O)C(NC(=O)c1ccc(C#Cc2ccc(NC(=O)CNCc3ccc(S(C)(=O)=O)cc3)cc2)cc1)C(=O)NO. The molecule has 3 amide bonds. The summed E-state index contributed by atoms with van der Waals surface area (Å²) >= 11 is 0. The first kappa shape index (κ1) is 31.0. The maximum atomic E-state index is 12.4. The van der Waals surface area contributed by atoms with Gasteiger partial charge in [0.2, 0.25) is 5.91 Å². The molecule has 0 radical (unpaired) electrons. The highest BCUT2D eigenvalue weighted by Crippen LogP contribution is 2.11. The number of hydroxylamine groups is 1. The van der Waals surface area contributed by atoms with E-state index < -0.39 is 33.8 Å². The molecule has 0 aliphatic carbocycles. The second-order valence-corrected chi connectivity index (χ2v) is 11.2. The van der Waals surface area contributed by atoms with Crippen LogP contribution in [0.4, 0.5) is 5.69 Å². The highest BCUT2D eigenvalue weighted by atomic mass is 32.2. The molecule has 0 aliphatic heterocycles. The number of hydrogen-bond acceptors (Lipinski definition) is 8. The first-order valence-electron chi connectivity index (χ1n) is 12.4. The number of carbonyl (C=O) groups excluding carboxylic acids is 3. The van der Waals surface area contributed by atoms with Crippen LogP contribution in [0.5, 0.6) is 0 Å². The first-order chi connectivity index (χ1) is 19.5. The summed E-state index contributed by atoms with van der Waals surface area (Å²) in [5.74, 6) is 4.20. The van der Waals surface area contributed by atoms with Crippen LogP contribution in [0, 0.1) is 11.8 Å². The largest absolute Gasteiger partial charge is 0.391 e. The molecule has 3 aromatic carbocycles. The van der Waals surface area contributed by atoms with E-state index >= 15 is 0 Å². The summed E-state index contributed by atoms with van der Waals surface area (Å²) < 4.78 is 23.1. The summed E-state index contributed by atoms with van der Waals surface area (Å²) in [7, 11) is -3.25. The highest BCUT2D eigenvalue weighted by Gasteiger charge is 2.25. The fraction of sp³-hybridized carbons (Fsp3) is 0.207. The molecule has 3 aromatic rings. The van der Waals surface area contributed by atoms with Crippen LogP contribution < -0.4 is 21.4 Å². The summed E-state index contributed by atoms with van der Waals surface area (Å²) in [6, 6.07) is 18.4. The van der Waals surface area contributed by atoms with E-state index in [1.54, 1.807) is 48.5 Å². The van der Waals surface area contributed by atoms with Crippen LogP contribution in [0.1, 0.15) is 34.0 Å². The lowest BCUT2D eigenvalue weighted by Crippen LogP contribution is -2.51. The van der Waals surface area contributed by atoms with E-state index in [2.05, 4.69) is 27.8 Å². The molecule has 0 heterocycles. The van der Waals surface area contributed by atoms with Crippen molar-refractivity contribution in [3.05, 3.63) is 95.1 Å². The van der Waals surface area contributed by atoms with Crippen LogP contribution in [0.2, 0.25) is 0 Å². The van der Waals surface area contributed by atoms with Gasteiger partial charge in [-0.1, -0.05) is 24.0 Å². The van der Waals surface area contributed by atoms with Crippen LogP contribution in [-0.2, 0) is 26.0 Å². The maximum absolute atomic E-state index is 12.4. The molecule has 41 heavy (non-hydrogen) atoms. The van der Waals surface area contributed by atoms with Crippen molar-refractivity contribution in [2.24, 2.45) is 0 Å². The minimum atomic E-state index is -3.25. The fourth-order valence-corrected chi connectivity index (χ4v) is 4.20. The Labute approximate surface area is 237 Å². The van der Waals surface area contributed by atoms with E-state index in [9.17, 15) is 27.9 Å². The molecule has 0 fully saturated rings. The second kappa shape index (κ2) is 14.2. The molecule has 11 nitrogen and oxygen atoms in total. The molecule has 0 aromatic heterocycles. The molecule has 2 atom stereocenters. The minimum Gasteiger partial charge on any atom is -0.391 e. The molecule has 0 spiro atoms. The van der Waals surface area contributed by atoms with Gasteiger partial charge in [0.15, 0.2) is 9.84 Å². The van der Waals surface area contributed by atoms with E-state index in [0.717, 1.165) is 11.8 Å². The standard InChI is InChI=1S/C29H30N4O7S/c1-19(34)27(29(37)33-38)32-28(36)23-11-5-20(6-12-23)3-4-21-7-13-24(14-8-21)31-26(35)18-30-17-22-9-15-25(16-10-22)41(2,39)40/h5-16,19,27,30,34,38H,17-18H2,1-2H3,(H,31,35)(H,32,36)(H,33,37). The lowest BCUT2D eigenvalue weighted by molar-refractivity contribution is -0.133. The average Bonchev–Trinajstić information content (AvgIpc) is 2.95. The molecular weight excluding hydrogens is 548 g/mol. The molecule has 12 heteroatoms. The van der Waals surface area contributed by atoms with Crippen LogP contribution in [0.25, 0.3) is 0 Å². The molecule has 3 rings (SSSR count). The summed E-state index contributed by atoms with van der Waals surface area (Å²) in [4.78, 5) is 36.5. The van der Waals surface area contributed by atoms with Crippen LogP contribution in [0.15, 0.2) is 77.7 Å². The smallest absolute Gasteiger partial charge is 0.268 e. The predicted molar refractivity (Wildman–Crippen MR) is 152 cm³/mol. The van der Waals surface area contributed by atoms with Crippen LogP contribution >= 0.6 is 0 Å². The highest BCUT2D eigenvalue weighted by molar-refractivity contribution is 7.90. The van der Waals surface area contributed by atoms with Gasteiger partial charge in [-0.2, -0.15) is 0 Å². The summed E-state index contributed by atoms with van der Waals surface area (Å²) in [5.41, 5.74) is 4.44. The molecule has 214 valence electrons. The number of sulfone groups is 1. The monoisotopic (exact) mass is 578 g/mol. The second-order valence-electron chi connectivity index (χ2n) is 9.14. The molecule has 2 unspecified atom stereocenters. The Kier molecular flexibility index (Phi) is 10.7. The number of anilines is 1. The van der Waals surface area contributed by atoms with Crippen LogP contribution in [0.3, 0.4) is 0 Å². The molecule has 0 saturated heterocycles. The third-order valence-electron chi connectivity index (χ3n) is 5.79. The Balaban J connectivity index is 1.49. The van der Waals surface area contributed by atoms with E-state index in [-0.39, 0.29) is 22.9 Å².